The number of hydrogen-bond donors (Lipinski definition) is 1. The summed E-state index contributed by atoms with van der Waals surface area (Å²) >= 11 is 0. The number of H-pyrrole nitrogens is 1. The Bertz CT molecular complexity index is 1790. The smallest absolute Gasteiger partial charge is 0.343 e. The van der Waals surface area contributed by atoms with E-state index in [1.165, 1.54) is 13.2 Å². The normalized spacial score (nSPS) is 13.2. The van der Waals surface area contributed by atoms with Crippen LogP contribution in [0.25, 0.3) is 10.9 Å². The maximum Gasteiger partial charge on any atom is 0.343 e. The first kappa shape index (κ1) is 25.8. The summed E-state index contributed by atoms with van der Waals surface area (Å²) in [6.07, 6.45) is 0.382. The molecule has 0 saturated carbocycles. The highest BCUT2D eigenvalue weighted by Crippen LogP contribution is 2.31. The summed E-state index contributed by atoms with van der Waals surface area (Å²) < 4.78 is 11.3. The number of rotatable bonds is 8. The predicted molar refractivity (Wildman–Crippen MR) is 151 cm³/mol. The van der Waals surface area contributed by atoms with Crippen LogP contribution >= 0.6 is 0 Å². The van der Waals surface area contributed by atoms with Crippen LogP contribution in [0.3, 0.4) is 0 Å². The highest BCUT2D eigenvalue weighted by Gasteiger charge is 2.35. The number of fused-ring (bicyclic) bond motifs is 2. The minimum atomic E-state index is -1.23. The molecule has 5 aromatic rings. The van der Waals surface area contributed by atoms with Crippen molar-refractivity contribution in [1.29, 1.82) is 0 Å². The fraction of sp³-hybridized carbons (Fsp3) is 0.0909. The van der Waals surface area contributed by atoms with Crippen LogP contribution in [0, 0.1) is 0 Å². The molecule has 1 aliphatic heterocycles. The zero-order valence-electron chi connectivity index (χ0n) is 22.0. The number of nitrogens with one attached hydrogen (secondary N) is 1. The minimum absolute atomic E-state index is 0.0486. The van der Waals surface area contributed by atoms with E-state index in [2.05, 4.69) is 4.98 Å². The molecule has 1 unspecified atom stereocenters. The SMILES string of the molecule is COc1ccc(CN2C(=O)c3ccccc3C2=O)cc1C(=O)OC(C(=O)c1c[nH]c2ccccc12)c1ccccc1. The number of hydrogen-bond acceptors (Lipinski definition) is 6. The molecule has 2 heterocycles. The summed E-state index contributed by atoms with van der Waals surface area (Å²) in [6, 6.07) is 27.6. The average Bonchev–Trinajstić information content (AvgIpc) is 3.55. The molecule has 0 spiro atoms. The van der Waals surface area contributed by atoms with Gasteiger partial charge in [0.25, 0.3) is 11.8 Å². The van der Waals surface area contributed by atoms with Crippen LogP contribution in [0.4, 0.5) is 0 Å². The third-order valence-corrected chi connectivity index (χ3v) is 7.12. The summed E-state index contributed by atoms with van der Waals surface area (Å²) in [4.78, 5) is 57.4. The number of Topliss-reactive ketones (excluding diaryl/α,β-unsaturated/α-hetero) is 1. The lowest BCUT2D eigenvalue weighted by molar-refractivity contribution is 0.0277. The van der Waals surface area contributed by atoms with Crippen LogP contribution in [0.5, 0.6) is 5.75 Å². The van der Waals surface area contributed by atoms with Crippen molar-refractivity contribution in [3.8, 4) is 5.75 Å². The monoisotopic (exact) mass is 544 g/mol. The number of aromatic nitrogens is 1. The Labute approximate surface area is 235 Å². The first-order valence-corrected chi connectivity index (χ1v) is 12.9. The number of para-hydroxylation sites is 1. The van der Waals surface area contributed by atoms with E-state index < -0.39 is 23.9 Å². The largest absolute Gasteiger partial charge is 0.496 e. The van der Waals surface area contributed by atoms with Crippen LogP contribution < -0.4 is 4.74 Å². The number of carbonyl (C=O) groups is 4. The molecule has 1 aromatic heterocycles. The van der Waals surface area contributed by atoms with Gasteiger partial charge in [0.2, 0.25) is 5.78 Å². The zero-order chi connectivity index (χ0) is 28.5. The molecule has 41 heavy (non-hydrogen) atoms. The summed E-state index contributed by atoms with van der Waals surface area (Å²) in [5.74, 6) is -1.75. The van der Waals surface area contributed by atoms with Gasteiger partial charge in [-0.15, -0.1) is 0 Å². The first-order valence-electron chi connectivity index (χ1n) is 12.9. The highest BCUT2D eigenvalue weighted by molar-refractivity contribution is 6.21. The van der Waals surface area contributed by atoms with E-state index in [1.807, 2.05) is 30.3 Å². The molecular weight excluding hydrogens is 520 g/mol. The zero-order valence-corrected chi connectivity index (χ0v) is 22.0. The highest BCUT2D eigenvalue weighted by atomic mass is 16.5. The second kappa shape index (κ2) is 10.6. The van der Waals surface area contributed by atoms with Crippen molar-refractivity contribution in [3.05, 3.63) is 137 Å². The number of esters is 1. The molecule has 0 saturated heterocycles. The number of imide groups is 1. The van der Waals surface area contributed by atoms with Gasteiger partial charge in [0.1, 0.15) is 11.3 Å². The van der Waals surface area contributed by atoms with Crippen molar-refractivity contribution in [2.24, 2.45) is 0 Å². The Balaban J connectivity index is 1.31. The molecule has 4 aromatic carbocycles. The quantitative estimate of drug-likeness (QED) is 0.151. The number of ketones is 1. The van der Waals surface area contributed by atoms with Crippen molar-refractivity contribution in [3.63, 3.8) is 0 Å². The summed E-state index contributed by atoms with van der Waals surface area (Å²) in [6.45, 7) is -0.0486. The molecule has 0 bridgehead atoms. The van der Waals surface area contributed by atoms with Gasteiger partial charge in [-0.2, -0.15) is 0 Å². The Morgan fingerprint density at radius 3 is 2.17 bits per heavy atom. The summed E-state index contributed by atoms with van der Waals surface area (Å²) in [7, 11) is 1.42. The molecule has 1 atom stereocenters. The first-order chi connectivity index (χ1) is 20.0. The number of ether oxygens (including phenoxy) is 2. The molecular formula is C33H24N2O6. The van der Waals surface area contributed by atoms with Gasteiger partial charge >= 0.3 is 5.97 Å². The molecule has 0 aliphatic carbocycles. The van der Waals surface area contributed by atoms with Crippen LogP contribution in [0.1, 0.15) is 58.7 Å². The Kier molecular flexibility index (Phi) is 6.65. The lowest BCUT2D eigenvalue weighted by Gasteiger charge is -2.19. The molecule has 202 valence electrons. The molecule has 0 fully saturated rings. The number of nitrogens with zero attached hydrogens (tertiary/aromatic N) is 1. The van der Waals surface area contributed by atoms with Gasteiger partial charge < -0.3 is 14.5 Å². The fourth-order valence-electron chi connectivity index (χ4n) is 5.07. The van der Waals surface area contributed by atoms with E-state index in [-0.39, 0.29) is 23.6 Å². The molecule has 1 N–H and O–H groups in total. The molecule has 8 heteroatoms. The van der Waals surface area contributed by atoms with E-state index in [0.717, 1.165) is 15.8 Å². The maximum absolute atomic E-state index is 13.8. The standard InChI is InChI=1S/C33H24N2O6/c1-40-28-16-15-20(19-35-31(37)23-12-5-6-13-24(23)32(35)38)17-25(28)33(39)41-30(21-9-3-2-4-10-21)29(36)26-18-34-27-14-8-7-11-22(26)27/h2-18,30,34H,19H2,1H3. The number of methoxy groups -OCH3 is 1. The van der Waals surface area contributed by atoms with Gasteiger partial charge in [0.05, 0.1) is 24.8 Å². The minimum Gasteiger partial charge on any atom is -0.496 e. The maximum atomic E-state index is 13.8. The van der Waals surface area contributed by atoms with Gasteiger partial charge in [0.15, 0.2) is 6.10 Å². The molecule has 6 rings (SSSR count). The predicted octanol–water partition coefficient (Wildman–Crippen LogP) is 5.75. The molecule has 1 aliphatic rings. The van der Waals surface area contributed by atoms with Crippen molar-refractivity contribution in [1.82, 2.24) is 9.88 Å². The van der Waals surface area contributed by atoms with E-state index in [4.69, 9.17) is 9.47 Å². The topological polar surface area (TPSA) is 106 Å². The van der Waals surface area contributed by atoms with Crippen LogP contribution in [0.2, 0.25) is 0 Å². The third-order valence-electron chi connectivity index (χ3n) is 7.12. The molecule has 0 radical (unpaired) electrons. The Morgan fingerprint density at radius 1 is 0.805 bits per heavy atom. The van der Waals surface area contributed by atoms with Crippen molar-refractivity contribution in [2.75, 3.05) is 7.11 Å². The second-order valence-corrected chi connectivity index (χ2v) is 9.58. The fourth-order valence-corrected chi connectivity index (χ4v) is 5.07. The number of amides is 2. The summed E-state index contributed by atoms with van der Waals surface area (Å²) in [5.41, 5.74) is 2.96. The molecule has 2 amide bonds. The molecule has 8 nitrogen and oxygen atoms in total. The Hall–Kier alpha value is -5.50. The van der Waals surface area contributed by atoms with Crippen LogP contribution in [-0.4, -0.2) is 40.6 Å². The number of aromatic amines is 1. The van der Waals surface area contributed by atoms with Gasteiger partial charge in [-0.25, -0.2) is 4.79 Å². The second-order valence-electron chi connectivity index (χ2n) is 9.58. The third kappa shape index (κ3) is 4.65. The van der Waals surface area contributed by atoms with E-state index in [0.29, 0.717) is 27.8 Å². The number of carbonyl (C=O) groups excluding carboxylic acids is 4. The lowest BCUT2D eigenvalue weighted by atomic mass is 9.99. The Morgan fingerprint density at radius 2 is 1.46 bits per heavy atom. The van der Waals surface area contributed by atoms with Crippen molar-refractivity contribution < 1.29 is 28.7 Å². The van der Waals surface area contributed by atoms with E-state index in [9.17, 15) is 19.2 Å². The van der Waals surface area contributed by atoms with E-state index in [1.54, 1.807) is 66.9 Å². The summed E-state index contributed by atoms with van der Waals surface area (Å²) in [5, 5.41) is 0.718. The van der Waals surface area contributed by atoms with Gasteiger partial charge in [-0.1, -0.05) is 66.7 Å². The van der Waals surface area contributed by atoms with E-state index >= 15 is 0 Å². The van der Waals surface area contributed by atoms with Crippen molar-refractivity contribution in [2.45, 2.75) is 12.6 Å². The average molecular weight is 545 g/mol. The van der Waals surface area contributed by atoms with Crippen LogP contribution in [0.15, 0.2) is 103 Å². The van der Waals surface area contributed by atoms with Gasteiger partial charge in [0, 0.05) is 28.2 Å². The lowest BCUT2D eigenvalue weighted by Crippen LogP contribution is -2.29. The van der Waals surface area contributed by atoms with Crippen molar-refractivity contribution >= 4 is 34.5 Å². The number of benzene rings is 4. The van der Waals surface area contributed by atoms with Gasteiger partial charge in [-0.3, -0.25) is 19.3 Å². The van der Waals surface area contributed by atoms with Crippen LogP contribution in [-0.2, 0) is 11.3 Å². The van der Waals surface area contributed by atoms with Gasteiger partial charge in [-0.05, 0) is 35.9 Å².